The van der Waals surface area contributed by atoms with Crippen molar-refractivity contribution in [3.63, 3.8) is 0 Å². The number of methoxy groups -OCH3 is 1. The molecule has 0 unspecified atom stereocenters. The van der Waals surface area contributed by atoms with E-state index in [2.05, 4.69) is 4.90 Å². The molecular formula is C10H23Cl2N3O2. The number of rotatable bonds is 5. The fourth-order valence-corrected chi connectivity index (χ4v) is 1.72. The van der Waals surface area contributed by atoms with Crippen molar-refractivity contribution in [2.75, 3.05) is 53.0 Å². The van der Waals surface area contributed by atoms with Gasteiger partial charge in [0.15, 0.2) is 0 Å². The third-order valence-electron chi connectivity index (χ3n) is 2.69. The number of carbonyl (C=O) groups excluding carboxylic acids is 1. The Morgan fingerprint density at radius 2 is 1.82 bits per heavy atom. The quantitative estimate of drug-likeness (QED) is 0.772. The lowest BCUT2D eigenvalue weighted by atomic mass is 10.3. The summed E-state index contributed by atoms with van der Waals surface area (Å²) in [5, 5.41) is 0. The summed E-state index contributed by atoms with van der Waals surface area (Å²) in [6, 6.07) is 0. The second-order valence-electron chi connectivity index (χ2n) is 3.75. The minimum atomic E-state index is 0. The molecule has 0 bridgehead atoms. The summed E-state index contributed by atoms with van der Waals surface area (Å²) in [5.41, 5.74) is 5.35. The minimum absolute atomic E-state index is 0. The van der Waals surface area contributed by atoms with Gasteiger partial charge in [-0.1, -0.05) is 0 Å². The molecule has 0 aromatic heterocycles. The highest BCUT2D eigenvalue weighted by Gasteiger charge is 2.19. The molecule has 17 heavy (non-hydrogen) atoms. The molecule has 2 N–H and O–H groups in total. The first kappa shape index (κ1) is 19.3. The van der Waals surface area contributed by atoms with Crippen molar-refractivity contribution < 1.29 is 9.53 Å². The van der Waals surface area contributed by atoms with E-state index in [1.807, 2.05) is 4.90 Å². The predicted molar refractivity (Wildman–Crippen MR) is 73.1 cm³/mol. The first-order chi connectivity index (χ1) is 7.27. The molecule has 0 spiro atoms. The fraction of sp³-hybridized carbons (Fsp3) is 0.900. The molecular weight excluding hydrogens is 265 g/mol. The fourth-order valence-electron chi connectivity index (χ4n) is 1.72. The molecule has 0 saturated carbocycles. The number of halogens is 2. The summed E-state index contributed by atoms with van der Waals surface area (Å²) < 4.78 is 5.02. The average molecular weight is 288 g/mol. The van der Waals surface area contributed by atoms with E-state index < -0.39 is 0 Å². The summed E-state index contributed by atoms with van der Waals surface area (Å²) >= 11 is 0. The number of piperazine rings is 1. The maximum absolute atomic E-state index is 11.5. The van der Waals surface area contributed by atoms with E-state index in [1.165, 1.54) is 0 Å². The monoisotopic (exact) mass is 287 g/mol. The SMILES string of the molecule is COCCN1CCN(C(=O)CCN)CC1.Cl.Cl. The van der Waals surface area contributed by atoms with Crippen molar-refractivity contribution in [1.82, 2.24) is 9.80 Å². The number of nitrogens with two attached hydrogens (primary N) is 1. The highest BCUT2D eigenvalue weighted by Crippen LogP contribution is 2.02. The van der Waals surface area contributed by atoms with Crippen LogP contribution in [-0.4, -0.2) is 68.7 Å². The molecule has 0 atom stereocenters. The Kier molecular flexibility index (Phi) is 12.5. The lowest BCUT2D eigenvalue weighted by Crippen LogP contribution is -2.49. The van der Waals surface area contributed by atoms with Crippen LogP contribution in [0, 0.1) is 0 Å². The number of amides is 1. The third-order valence-corrected chi connectivity index (χ3v) is 2.69. The first-order valence-electron chi connectivity index (χ1n) is 5.47. The molecule has 1 rings (SSSR count). The summed E-state index contributed by atoms with van der Waals surface area (Å²) in [6.07, 6.45) is 0.470. The van der Waals surface area contributed by atoms with Gasteiger partial charge in [-0.25, -0.2) is 0 Å². The number of hydrogen-bond donors (Lipinski definition) is 1. The normalized spacial score (nSPS) is 16.0. The zero-order valence-electron chi connectivity index (χ0n) is 10.3. The zero-order chi connectivity index (χ0) is 11.1. The van der Waals surface area contributed by atoms with Gasteiger partial charge in [0.25, 0.3) is 0 Å². The molecule has 1 aliphatic heterocycles. The van der Waals surface area contributed by atoms with Gasteiger partial charge < -0.3 is 15.4 Å². The molecule has 1 fully saturated rings. The Bertz CT molecular complexity index is 200. The van der Waals surface area contributed by atoms with Gasteiger partial charge in [-0.2, -0.15) is 0 Å². The van der Waals surface area contributed by atoms with Gasteiger partial charge >= 0.3 is 0 Å². The van der Waals surface area contributed by atoms with Crippen LogP contribution in [0.15, 0.2) is 0 Å². The molecule has 0 aliphatic carbocycles. The Hall–Kier alpha value is -0.0700. The number of nitrogens with zero attached hydrogens (tertiary/aromatic N) is 2. The first-order valence-corrected chi connectivity index (χ1v) is 5.47. The van der Waals surface area contributed by atoms with Gasteiger partial charge in [0.2, 0.25) is 5.91 Å². The molecule has 1 saturated heterocycles. The number of hydrogen-bond acceptors (Lipinski definition) is 4. The molecule has 1 aliphatic rings. The summed E-state index contributed by atoms with van der Waals surface area (Å²) in [7, 11) is 1.71. The highest BCUT2D eigenvalue weighted by atomic mass is 35.5. The van der Waals surface area contributed by atoms with E-state index in [1.54, 1.807) is 7.11 Å². The van der Waals surface area contributed by atoms with Crippen LogP contribution < -0.4 is 5.73 Å². The number of carbonyl (C=O) groups is 1. The summed E-state index contributed by atoms with van der Waals surface area (Å²) in [6.45, 7) is 5.69. The van der Waals surface area contributed by atoms with Crippen LogP contribution in [0.4, 0.5) is 0 Å². The Morgan fingerprint density at radius 3 is 2.29 bits per heavy atom. The molecule has 7 heteroatoms. The van der Waals surface area contributed by atoms with E-state index in [0.717, 1.165) is 39.3 Å². The molecule has 1 heterocycles. The predicted octanol–water partition coefficient (Wildman–Crippen LogP) is -0.0306. The van der Waals surface area contributed by atoms with Gasteiger partial charge in [0, 0.05) is 52.8 Å². The van der Waals surface area contributed by atoms with E-state index in [-0.39, 0.29) is 30.7 Å². The van der Waals surface area contributed by atoms with Crippen molar-refractivity contribution in [2.45, 2.75) is 6.42 Å². The van der Waals surface area contributed by atoms with Crippen LogP contribution in [0.25, 0.3) is 0 Å². The van der Waals surface area contributed by atoms with E-state index >= 15 is 0 Å². The Balaban J connectivity index is 0. The Morgan fingerprint density at radius 1 is 1.24 bits per heavy atom. The van der Waals surface area contributed by atoms with Gasteiger partial charge in [0.1, 0.15) is 0 Å². The van der Waals surface area contributed by atoms with Crippen LogP contribution in [0.3, 0.4) is 0 Å². The minimum Gasteiger partial charge on any atom is -0.383 e. The van der Waals surface area contributed by atoms with Crippen molar-refractivity contribution in [1.29, 1.82) is 0 Å². The van der Waals surface area contributed by atoms with Gasteiger partial charge in [-0.15, -0.1) is 24.8 Å². The van der Waals surface area contributed by atoms with Crippen molar-refractivity contribution >= 4 is 30.7 Å². The zero-order valence-corrected chi connectivity index (χ0v) is 11.9. The second kappa shape index (κ2) is 11.0. The maximum atomic E-state index is 11.5. The largest absolute Gasteiger partial charge is 0.383 e. The lowest BCUT2D eigenvalue weighted by molar-refractivity contribution is -0.132. The van der Waals surface area contributed by atoms with Crippen molar-refractivity contribution in [3.05, 3.63) is 0 Å². The summed E-state index contributed by atoms with van der Waals surface area (Å²) in [5.74, 6) is 0.184. The molecule has 1 amide bonds. The lowest BCUT2D eigenvalue weighted by Gasteiger charge is -2.34. The van der Waals surface area contributed by atoms with Crippen molar-refractivity contribution in [3.8, 4) is 0 Å². The topological polar surface area (TPSA) is 58.8 Å². The standard InChI is InChI=1S/C10H21N3O2.2ClH/c1-15-9-8-12-4-6-13(7-5-12)10(14)2-3-11;;/h2-9,11H2,1H3;2*1H. The van der Waals surface area contributed by atoms with Crippen LogP contribution in [0.5, 0.6) is 0 Å². The highest BCUT2D eigenvalue weighted by molar-refractivity contribution is 5.85. The van der Waals surface area contributed by atoms with Crippen LogP contribution >= 0.6 is 24.8 Å². The smallest absolute Gasteiger partial charge is 0.223 e. The molecule has 5 nitrogen and oxygen atoms in total. The summed E-state index contributed by atoms with van der Waals surface area (Å²) in [4.78, 5) is 15.7. The molecule has 0 aromatic carbocycles. The second-order valence-corrected chi connectivity index (χ2v) is 3.75. The van der Waals surface area contributed by atoms with Crippen molar-refractivity contribution in [2.24, 2.45) is 5.73 Å². The van der Waals surface area contributed by atoms with Gasteiger partial charge in [-0.3, -0.25) is 9.69 Å². The van der Waals surface area contributed by atoms with E-state index in [0.29, 0.717) is 13.0 Å². The van der Waals surface area contributed by atoms with Crippen LogP contribution in [0.1, 0.15) is 6.42 Å². The third kappa shape index (κ3) is 7.06. The Labute approximate surface area is 115 Å². The van der Waals surface area contributed by atoms with E-state index in [9.17, 15) is 4.79 Å². The molecule has 0 radical (unpaired) electrons. The number of ether oxygens (including phenoxy) is 1. The van der Waals surface area contributed by atoms with Crippen LogP contribution in [-0.2, 0) is 9.53 Å². The molecule has 104 valence electrons. The molecule has 0 aromatic rings. The average Bonchev–Trinajstić information content (AvgIpc) is 2.27. The maximum Gasteiger partial charge on any atom is 0.223 e. The van der Waals surface area contributed by atoms with Gasteiger partial charge in [0.05, 0.1) is 6.61 Å². The van der Waals surface area contributed by atoms with Crippen LogP contribution in [0.2, 0.25) is 0 Å². The van der Waals surface area contributed by atoms with E-state index in [4.69, 9.17) is 10.5 Å². The van der Waals surface area contributed by atoms with Gasteiger partial charge in [-0.05, 0) is 0 Å².